The Kier molecular flexibility index (Phi) is 4.58. The van der Waals surface area contributed by atoms with Crippen LogP contribution in [-0.4, -0.2) is 28.0 Å². The van der Waals surface area contributed by atoms with Gasteiger partial charge in [0.2, 0.25) is 0 Å². The van der Waals surface area contributed by atoms with Crippen LogP contribution in [0.1, 0.15) is 26.3 Å². The smallest absolute Gasteiger partial charge is 0.337 e. The van der Waals surface area contributed by atoms with Gasteiger partial charge in [-0.2, -0.15) is 10.2 Å². The van der Waals surface area contributed by atoms with Gasteiger partial charge in [0.25, 0.3) is 0 Å². The Morgan fingerprint density at radius 2 is 1.45 bits per heavy atom. The topological polar surface area (TPSA) is 105 Å². The molecule has 8 nitrogen and oxygen atoms in total. The Morgan fingerprint density at radius 1 is 0.793 bits per heavy atom. The highest BCUT2D eigenvalue weighted by molar-refractivity contribution is 6.04. The molecule has 3 aromatic rings. The van der Waals surface area contributed by atoms with Crippen molar-refractivity contribution >= 4 is 29.1 Å². The Labute approximate surface area is 165 Å². The van der Waals surface area contributed by atoms with E-state index >= 15 is 0 Å². The standard InChI is InChI=1S/C21H16N4O4/c26-20(27)15-12-10-14(11-13-15)19-22-24(16-6-2-1-3-7-16)25(23-19)18-9-5-4-8-17(18)21(28)29/h1-13H,(H,22,23)(H,26,27)(H,28,29). The van der Waals surface area contributed by atoms with Crippen molar-refractivity contribution in [3.63, 3.8) is 0 Å². The fourth-order valence-electron chi connectivity index (χ4n) is 2.94. The molecule has 29 heavy (non-hydrogen) atoms. The van der Waals surface area contributed by atoms with E-state index in [0.717, 1.165) is 5.69 Å². The minimum Gasteiger partial charge on any atom is -0.478 e. The van der Waals surface area contributed by atoms with Gasteiger partial charge in [0, 0.05) is 5.56 Å². The van der Waals surface area contributed by atoms with Crippen LogP contribution in [0.5, 0.6) is 0 Å². The molecule has 0 bridgehead atoms. The highest BCUT2D eigenvalue weighted by Crippen LogP contribution is 2.28. The van der Waals surface area contributed by atoms with E-state index < -0.39 is 11.9 Å². The molecule has 0 fully saturated rings. The Bertz CT molecular complexity index is 1100. The van der Waals surface area contributed by atoms with Gasteiger partial charge in [0.1, 0.15) is 0 Å². The molecule has 0 unspecified atom stereocenters. The molecule has 0 radical (unpaired) electrons. The zero-order valence-electron chi connectivity index (χ0n) is 15.1. The first kappa shape index (κ1) is 18.1. The van der Waals surface area contributed by atoms with E-state index in [1.807, 2.05) is 30.3 Å². The van der Waals surface area contributed by atoms with Crippen LogP contribution in [0.4, 0.5) is 11.4 Å². The third kappa shape index (κ3) is 3.46. The molecule has 0 amide bonds. The van der Waals surface area contributed by atoms with Crippen LogP contribution in [0.3, 0.4) is 0 Å². The molecular weight excluding hydrogens is 372 g/mol. The molecule has 3 aromatic carbocycles. The number of hydrogen-bond donors (Lipinski definition) is 3. The minimum atomic E-state index is -1.06. The molecule has 0 aromatic heterocycles. The lowest BCUT2D eigenvalue weighted by atomic mass is 10.1. The van der Waals surface area contributed by atoms with Gasteiger partial charge in [-0.05, 0) is 36.4 Å². The molecule has 0 aliphatic carbocycles. The third-order valence-electron chi connectivity index (χ3n) is 4.35. The number of nitrogens with one attached hydrogen (secondary N) is 1. The van der Waals surface area contributed by atoms with Crippen molar-refractivity contribution in [2.45, 2.75) is 0 Å². The van der Waals surface area contributed by atoms with Crippen LogP contribution < -0.4 is 15.7 Å². The molecule has 0 saturated heterocycles. The van der Waals surface area contributed by atoms with Crippen molar-refractivity contribution in [2.75, 3.05) is 10.2 Å². The Morgan fingerprint density at radius 3 is 2.10 bits per heavy atom. The van der Waals surface area contributed by atoms with Gasteiger partial charge >= 0.3 is 11.9 Å². The SMILES string of the molecule is O=C(O)c1ccc(C2=NN(c3ccccc3)N(c3ccccc3C(=O)O)N2)cc1. The lowest BCUT2D eigenvalue weighted by Crippen LogP contribution is -2.45. The molecule has 4 rings (SSSR count). The van der Waals surface area contributed by atoms with Gasteiger partial charge in [0.15, 0.2) is 5.84 Å². The first-order valence-electron chi connectivity index (χ1n) is 8.71. The average molecular weight is 388 g/mol. The quantitative estimate of drug-likeness (QED) is 0.616. The summed E-state index contributed by atoms with van der Waals surface area (Å²) in [7, 11) is 0. The predicted molar refractivity (Wildman–Crippen MR) is 108 cm³/mol. The second-order valence-corrected chi connectivity index (χ2v) is 6.20. The van der Waals surface area contributed by atoms with E-state index in [1.54, 1.807) is 40.6 Å². The van der Waals surface area contributed by atoms with Gasteiger partial charge in [-0.1, -0.05) is 42.5 Å². The van der Waals surface area contributed by atoms with Crippen molar-refractivity contribution in [1.29, 1.82) is 0 Å². The van der Waals surface area contributed by atoms with Crippen LogP contribution in [0, 0.1) is 0 Å². The van der Waals surface area contributed by atoms with Gasteiger partial charge in [-0.3, -0.25) is 5.43 Å². The minimum absolute atomic E-state index is 0.110. The predicted octanol–water partition coefficient (Wildman–Crippen LogP) is 3.19. The second-order valence-electron chi connectivity index (χ2n) is 6.20. The summed E-state index contributed by atoms with van der Waals surface area (Å²) in [6, 6.07) is 22.1. The monoisotopic (exact) mass is 388 g/mol. The number of para-hydroxylation sites is 2. The maximum absolute atomic E-state index is 11.7. The number of carbonyl (C=O) groups is 2. The number of aromatic carboxylic acids is 2. The Balaban J connectivity index is 1.77. The summed E-state index contributed by atoms with van der Waals surface area (Å²) in [5.74, 6) is -1.62. The number of amidine groups is 1. The number of hydrogen-bond acceptors (Lipinski definition) is 6. The normalized spacial score (nSPS) is 13.0. The summed E-state index contributed by atoms with van der Waals surface area (Å²) >= 11 is 0. The number of carboxylic acids is 2. The van der Waals surface area contributed by atoms with Crippen LogP contribution >= 0.6 is 0 Å². The van der Waals surface area contributed by atoms with Crippen molar-refractivity contribution in [3.05, 3.63) is 95.6 Å². The molecule has 1 aliphatic heterocycles. The molecule has 0 atom stereocenters. The lowest BCUT2D eigenvalue weighted by Gasteiger charge is -2.28. The third-order valence-corrected chi connectivity index (χ3v) is 4.35. The highest BCUT2D eigenvalue weighted by atomic mass is 16.4. The first-order chi connectivity index (χ1) is 14.0. The summed E-state index contributed by atoms with van der Waals surface area (Å²) < 4.78 is 0. The molecule has 8 heteroatoms. The van der Waals surface area contributed by atoms with Crippen molar-refractivity contribution in [2.24, 2.45) is 5.10 Å². The first-order valence-corrected chi connectivity index (χ1v) is 8.71. The van der Waals surface area contributed by atoms with E-state index in [-0.39, 0.29) is 11.1 Å². The fraction of sp³-hybridized carbons (Fsp3) is 0. The maximum Gasteiger partial charge on any atom is 0.337 e. The van der Waals surface area contributed by atoms with E-state index in [2.05, 4.69) is 10.5 Å². The number of carboxylic acid groups (broad SMARTS) is 2. The fourth-order valence-corrected chi connectivity index (χ4v) is 2.94. The lowest BCUT2D eigenvalue weighted by molar-refractivity contribution is 0.0686. The van der Waals surface area contributed by atoms with Crippen LogP contribution in [0.15, 0.2) is 84.0 Å². The van der Waals surface area contributed by atoms with E-state index in [4.69, 9.17) is 5.11 Å². The zero-order chi connectivity index (χ0) is 20.4. The number of benzene rings is 3. The summed E-state index contributed by atoms with van der Waals surface area (Å²) in [5.41, 5.74) is 5.18. The number of anilines is 2. The molecule has 1 aliphatic rings. The number of nitrogens with zero attached hydrogens (tertiary/aromatic N) is 3. The maximum atomic E-state index is 11.7. The molecule has 3 N–H and O–H groups in total. The molecule has 0 spiro atoms. The van der Waals surface area contributed by atoms with E-state index in [1.165, 1.54) is 18.2 Å². The Hall–Kier alpha value is -4.33. The van der Waals surface area contributed by atoms with Crippen LogP contribution in [0.25, 0.3) is 0 Å². The average Bonchev–Trinajstić information content (AvgIpc) is 3.20. The summed E-state index contributed by atoms with van der Waals surface area (Å²) in [4.78, 5) is 22.8. The molecule has 1 heterocycles. The summed E-state index contributed by atoms with van der Waals surface area (Å²) in [6.07, 6.45) is 0. The van der Waals surface area contributed by atoms with Gasteiger partial charge in [-0.15, -0.1) is 5.10 Å². The molecule has 144 valence electrons. The highest BCUT2D eigenvalue weighted by Gasteiger charge is 2.29. The zero-order valence-corrected chi connectivity index (χ0v) is 15.1. The second kappa shape index (κ2) is 7.35. The van der Waals surface area contributed by atoms with Crippen molar-refractivity contribution < 1.29 is 19.8 Å². The number of rotatable bonds is 5. The summed E-state index contributed by atoms with van der Waals surface area (Å²) in [5, 5.41) is 26.4. The summed E-state index contributed by atoms with van der Waals surface area (Å²) in [6.45, 7) is 0. The van der Waals surface area contributed by atoms with Gasteiger partial charge < -0.3 is 10.2 Å². The molecular formula is C21H16N4O4. The number of hydrazone groups is 1. The van der Waals surface area contributed by atoms with E-state index in [9.17, 15) is 14.7 Å². The van der Waals surface area contributed by atoms with Crippen LogP contribution in [0.2, 0.25) is 0 Å². The van der Waals surface area contributed by atoms with E-state index in [0.29, 0.717) is 17.1 Å². The molecule has 0 saturated carbocycles. The number of hydrazine groups is 2. The van der Waals surface area contributed by atoms with Crippen LogP contribution in [-0.2, 0) is 0 Å². The van der Waals surface area contributed by atoms with Gasteiger partial charge in [-0.25, -0.2) is 9.59 Å². The van der Waals surface area contributed by atoms with Crippen molar-refractivity contribution in [3.8, 4) is 0 Å². The van der Waals surface area contributed by atoms with Crippen molar-refractivity contribution in [1.82, 2.24) is 5.43 Å². The van der Waals surface area contributed by atoms with Gasteiger partial charge in [0.05, 0.1) is 22.5 Å². The largest absolute Gasteiger partial charge is 0.478 e.